The lowest BCUT2D eigenvalue weighted by atomic mass is 10.2. The molecule has 0 atom stereocenters. The highest BCUT2D eigenvalue weighted by Gasteiger charge is 1.91. The van der Waals surface area contributed by atoms with E-state index >= 15 is 0 Å². The van der Waals surface area contributed by atoms with Crippen LogP contribution in [0.3, 0.4) is 0 Å². The van der Waals surface area contributed by atoms with Gasteiger partial charge in [-0.2, -0.15) is 0 Å². The molecule has 112 valence electrons. The van der Waals surface area contributed by atoms with Crippen LogP contribution in [-0.2, 0) is 0 Å². The molecule has 0 aliphatic rings. The van der Waals surface area contributed by atoms with Crippen molar-refractivity contribution in [3.05, 3.63) is 0 Å². The quantitative estimate of drug-likeness (QED) is 0.0522. The number of nitrogens with two attached hydrogens (primary N) is 3. The molecule has 0 amide bonds. The highest BCUT2D eigenvalue weighted by atomic mass is 15.5. The number of rotatable bonds is 10. The molecule has 11 N–H and O–H groups in total. The summed E-state index contributed by atoms with van der Waals surface area (Å²) in [6, 6.07) is 0. The molecule has 0 heterocycles. The molecule has 0 aliphatic carbocycles. The van der Waals surface area contributed by atoms with Crippen molar-refractivity contribution in [2.75, 3.05) is 26.8 Å². The Bertz CT molecular complexity index is 264. The van der Waals surface area contributed by atoms with Crippen molar-refractivity contribution in [3.63, 3.8) is 0 Å². The Balaban J connectivity index is 3.39. The number of unbranched alkanes of at least 4 members (excludes halogenated alkanes) is 2. The maximum atomic E-state index is 5.48. The van der Waals surface area contributed by atoms with E-state index in [1.165, 1.54) is 12.8 Å². The summed E-state index contributed by atoms with van der Waals surface area (Å²) >= 11 is 0. The fourth-order valence-electron chi connectivity index (χ4n) is 1.18. The van der Waals surface area contributed by atoms with E-state index in [1.54, 1.807) is 0 Å². The topological polar surface area (TPSA) is 163 Å². The van der Waals surface area contributed by atoms with E-state index < -0.39 is 0 Å². The van der Waals surface area contributed by atoms with Crippen LogP contribution in [0.25, 0.3) is 0 Å². The van der Waals surface area contributed by atoms with Crippen molar-refractivity contribution in [3.8, 4) is 0 Å². The maximum Gasteiger partial charge on any atom is 0.228 e. The average molecular weight is 274 g/mol. The van der Waals surface area contributed by atoms with Gasteiger partial charge in [-0.1, -0.05) is 6.42 Å². The average Bonchev–Trinajstić information content (AvgIpc) is 2.42. The van der Waals surface area contributed by atoms with Crippen LogP contribution in [0.5, 0.6) is 0 Å². The van der Waals surface area contributed by atoms with Crippen LogP contribution in [0, 0.1) is 0 Å². The molecule has 10 heteroatoms. The number of hydrogen-bond donors (Lipinski definition) is 8. The Morgan fingerprint density at radius 3 is 2.37 bits per heavy atom. The van der Waals surface area contributed by atoms with Gasteiger partial charge in [0.25, 0.3) is 0 Å². The summed E-state index contributed by atoms with van der Waals surface area (Å²) in [5, 5.41) is 13.4. The lowest BCUT2D eigenvalue weighted by Gasteiger charge is -2.08. The second-order valence-electron chi connectivity index (χ2n) is 3.76. The van der Waals surface area contributed by atoms with Crippen LogP contribution in [0.4, 0.5) is 0 Å². The molecular formula is C9H26N10. The molecule has 0 saturated heterocycles. The van der Waals surface area contributed by atoms with Crippen molar-refractivity contribution >= 4 is 11.9 Å². The third-order valence-corrected chi connectivity index (χ3v) is 2.12. The van der Waals surface area contributed by atoms with Crippen molar-refractivity contribution in [1.82, 2.24) is 26.9 Å². The molecule has 0 rings (SSSR count). The van der Waals surface area contributed by atoms with Crippen molar-refractivity contribution in [2.24, 2.45) is 27.5 Å². The van der Waals surface area contributed by atoms with Crippen LogP contribution in [-0.4, -0.2) is 38.7 Å². The molecule has 0 aromatic carbocycles. The zero-order chi connectivity index (χ0) is 14.3. The molecule has 0 bridgehead atoms. The Kier molecular flexibility index (Phi) is 11.7. The van der Waals surface area contributed by atoms with Gasteiger partial charge in [0.2, 0.25) is 11.9 Å². The molecule has 0 aromatic rings. The van der Waals surface area contributed by atoms with Crippen molar-refractivity contribution in [1.29, 1.82) is 0 Å². The third kappa shape index (κ3) is 12.6. The number of nitrogens with zero attached hydrogens (tertiary/aromatic N) is 2. The molecule has 19 heavy (non-hydrogen) atoms. The van der Waals surface area contributed by atoms with E-state index in [4.69, 9.17) is 17.3 Å². The first kappa shape index (κ1) is 17.4. The van der Waals surface area contributed by atoms with Gasteiger partial charge < -0.3 is 22.1 Å². The molecule has 0 spiro atoms. The van der Waals surface area contributed by atoms with Crippen LogP contribution < -0.4 is 44.2 Å². The van der Waals surface area contributed by atoms with Crippen LogP contribution in [0.2, 0.25) is 0 Å². The monoisotopic (exact) mass is 274 g/mol. The third-order valence-electron chi connectivity index (χ3n) is 2.12. The Morgan fingerprint density at radius 1 is 1.00 bits per heavy atom. The van der Waals surface area contributed by atoms with E-state index in [9.17, 15) is 0 Å². The lowest BCUT2D eigenvalue weighted by molar-refractivity contribution is 0.531. The summed E-state index contributed by atoms with van der Waals surface area (Å²) in [6.07, 6.45) is 3.53. The molecule has 0 aliphatic heterocycles. The van der Waals surface area contributed by atoms with Gasteiger partial charge in [-0.25, -0.2) is 11.3 Å². The molecular weight excluding hydrogens is 248 g/mol. The first-order chi connectivity index (χ1) is 9.20. The molecule has 0 fully saturated rings. The van der Waals surface area contributed by atoms with Gasteiger partial charge in [-0.3, -0.25) is 10.9 Å². The van der Waals surface area contributed by atoms with E-state index in [1.807, 2.05) is 7.05 Å². The number of hydrogen-bond acceptors (Lipinski definition) is 6. The Morgan fingerprint density at radius 2 is 1.68 bits per heavy atom. The summed E-state index contributed by atoms with van der Waals surface area (Å²) in [6.45, 7) is 2.57. The fourth-order valence-corrected chi connectivity index (χ4v) is 1.18. The second kappa shape index (κ2) is 12.8. The van der Waals surface area contributed by atoms with Gasteiger partial charge in [-0.15, -0.1) is 10.2 Å². The highest BCUT2D eigenvalue weighted by molar-refractivity contribution is 5.80. The maximum absolute atomic E-state index is 5.48. The molecule has 0 aromatic heterocycles. The van der Waals surface area contributed by atoms with Crippen molar-refractivity contribution < 1.29 is 0 Å². The van der Waals surface area contributed by atoms with Crippen molar-refractivity contribution in [2.45, 2.75) is 19.3 Å². The van der Waals surface area contributed by atoms with Gasteiger partial charge in [0.15, 0.2) is 0 Å². The van der Waals surface area contributed by atoms with E-state index in [0.717, 1.165) is 19.5 Å². The minimum atomic E-state index is -0.0237. The fraction of sp³-hybridized carbons (Fsp3) is 0.778. The number of nitrogens with one attached hydrogen (secondary N) is 5. The summed E-state index contributed by atoms with van der Waals surface area (Å²) in [4.78, 5) is 0. The number of hydrazine groups is 2. The first-order valence-electron chi connectivity index (χ1n) is 6.18. The zero-order valence-corrected chi connectivity index (χ0v) is 11.4. The van der Waals surface area contributed by atoms with Gasteiger partial charge in [0.1, 0.15) is 0 Å². The van der Waals surface area contributed by atoms with E-state index in [-0.39, 0.29) is 11.9 Å². The SMILES string of the molecule is CNCCCCCNCNN/C(N)=N/N=C(\N)NN. The highest BCUT2D eigenvalue weighted by Crippen LogP contribution is 1.91. The second-order valence-corrected chi connectivity index (χ2v) is 3.76. The van der Waals surface area contributed by atoms with Gasteiger partial charge in [0.05, 0.1) is 6.67 Å². The Labute approximate surface area is 113 Å². The summed E-state index contributed by atoms with van der Waals surface area (Å²) in [5.41, 5.74) is 18.3. The smallest absolute Gasteiger partial charge is 0.228 e. The zero-order valence-electron chi connectivity index (χ0n) is 11.4. The van der Waals surface area contributed by atoms with Crippen LogP contribution in [0.15, 0.2) is 10.2 Å². The molecule has 0 radical (unpaired) electrons. The largest absolute Gasteiger partial charge is 0.367 e. The molecule has 0 unspecified atom stereocenters. The predicted octanol–water partition coefficient (Wildman–Crippen LogP) is -2.97. The molecule has 10 nitrogen and oxygen atoms in total. The minimum absolute atomic E-state index is 0.0237. The lowest BCUT2D eigenvalue weighted by Crippen LogP contribution is -2.46. The summed E-state index contributed by atoms with van der Waals surface area (Å²) in [7, 11) is 1.96. The predicted molar refractivity (Wildman–Crippen MR) is 77.5 cm³/mol. The normalized spacial score (nSPS) is 12.5. The van der Waals surface area contributed by atoms with Crippen LogP contribution >= 0.6 is 0 Å². The van der Waals surface area contributed by atoms with Gasteiger partial charge >= 0.3 is 0 Å². The van der Waals surface area contributed by atoms with E-state index in [0.29, 0.717) is 6.67 Å². The minimum Gasteiger partial charge on any atom is -0.367 e. The van der Waals surface area contributed by atoms with E-state index in [2.05, 4.69) is 37.1 Å². The Hall–Kier alpha value is -1.62. The summed E-state index contributed by atoms with van der Waals surface area (Å²) < 4.78 is 0. The van der Waals surface area contributed by atoms with Gasteiger partial charge in [0, 0.05) is 0 Å². The number of guanidine groups is 2. The first-order valence-corrected chi connectivity index (χ1v) is 6.18. The van der Waals surface area contributed by atoms with Gasteiger partial charge in [-0.05, 0) is 33.0 Å². The molecule has 0 saturated carbocycles. The van der Waals surface area contributed by atoms with Crippen LogP contribution in [0.1, 0.15) is 19.3 Å². The standard InChI is InChI=1S/C9H26N10/c1-13-5-3-2-4-6-14-7-15-17-9(11)19-18-8(10)16-12/h13-15H,2-7,12H2,1H3,(H3,10,16,18)(H3,11,17,19). The summed E-state index contributed by atoms with van der Waals surface area (Å²) in [5.74, 6) is 5.06.